The number of benzene rings is 1. The molecule has 2 aliphatic rings. The number of nitrogens with one attached hydrogen (secondary N) is 2. The second-order valence-corrected chi connectivity index (χ2v) is 6.08. The Hall–Kier alpha value is -1.06. The zero-order chi connectivity index (χ0) is 13.2. The van der Waals surface area contributed by atoms with Crippen molar-refractivity contribution in [2.75, 3.05) is 6.54 Å². The second kappa shape index (κ2) is 5.51. The number of halogens is 1. The van der Waals surface area contributed by atoms with Gasteiger partial charge in [-0.2, -0.15) is 0 Å². The number of amides is 1. The van der Waals surface area contributed by atoms with E-state index in [2.05, 4.69) is 22.8 Å². The van der Waals surface area contributed by atoms with Crippen LogP contribution in [0.5, 0.6) is 0 Å². The molecule has 0 aliphatic heterocycles. The normalized spacial score (nSPS) is 25.7. The molecule has 4 heteroatoms. The fraction of sp³-hybridized carbons (Fsp3) is 0.533. The Morgan fingerprint density at radius 1 is 1.16 bits per heavy atom. The van der Waals surface area contributed by atoms with Crippen LogP contribution in [0.4, 0.5) is 0 Å². The molecule has 1 amide bonds. The molecule has 19 heavy (non-hydrogen) atoms. The van der Waals surface area contributed by atoms with Crippen LogP contribution >= 0.6 is 11.6 Å². The lowest BCUT2D eigenvalue weighted by molar-refractivity contribution is -0.120. The van der Waals surface area contributed by atoms with Gasteiger partial charge in [0.25, 0.3) is 0 Å². The molecule has 0 radical (unpaired) electrons. The van der Waals surface area contributed by atoms with E-state index >= 15 is 0 Å². The zero-order valence-corrected chi connectivity index (χ0v) is 11.6. The third-order valence-electron chi connectivity index (χ3n) is 3.97. The second-order valence-electron chi connectivity index (χ2n) is 5.64. The number of hydrogen-bond acceptors (Lipinski definition) is 2. The van der Waals surface area contributed by atoms with E-state index in [1.165, 1.54) is 5.56 Å². The van der Waals surface area contributed by atoms with Gasteiger partial charge in [-0.05, 0) is 49.3 Å². The first kappa shape index (κ1) is 12.9. The Kier molecular flexibility index (Phi) is 3.76. The van der Waals surface area contributed by atoms with Gasteiger partial charge in [-0.25, -0.2) is 0 Å². The summed E-state index contributed by atoms with van der Waals surface area (Å²) in [5.74, 6) is 0.749. The van der Waals surface area contributed by atoms with Crippen LogP contribution in [-0.4, -0.2) is 24.5 Å². The zero-order valence-electron chi connectivity index (χ0n) is 10.9. The summed E-state index contributed by atoms with van der Waals surface area (Å²) in [5.41, 5.74) is 1.35. The molecule has 0 aromatic heterocycles. The van der Waals surface area contributed by atoms with Crippen LogP contribution in [0.1, 0.15) is 37.2 Å². The van der Waals surface area contributed by atoms with Crippen LogP contribution in [0.15, 0.2) is 24.3 Å². The standard InChI is InChI=1S/C15H19ClN2O/c16-12-3-1-10(2-4-12)11-7-14(8-11)17-9-15(19)18-13-5-6-13/h1-4,11,13-14,17H,5-9H2,(H,18,19). The fourth-order valence-corrected chi connectivity index (χ4v) is 2.66. The topological polar surface area (TPSA) is 41.1 Å². The summed E-state index contributed by atoms with van der Waals surface area (Å²) in [4.78, 5) is 11.5. The van der Waals surface area contributed by atoms with E-state index < -0.39 is 0 Å². The SMILES string of the molecule is O=C(CNC1CC(c2ccc(Cl)cc2)C1)NC1CC1. The maximum absolute atomic E-state index is 11.5. The Morgan fingerprint density at radius 2 is 1.84 bits per heavy atom. The highest BCUT2D eigenvalue weighted by atomic mass is 35.5. The molecule has 2 fully saturated rings. The molecule has 0 spiro atoms. The molecule has 1 aromatic carbocycles. The van der Waals surface area contributed by atoms with Crippen molar-refractivity contribution in [2.24, 2.45) is 0 Å². The van der Waals surface area contributed by atoms with Crippen molar-refractivity contribution in [1.82, 2.24) is 10.6 Å². The Balaban J connectivity index is 1.37. The summed E-state index contributed by atoms with van der Waals surface area (Å²) in [7, 11) is 0. The predicted octanol–water partition coefficient (Wildman–Crippen LogP) is 2.45. The Morgan fingerprint density at radius 3 is 2.47 bits per heavy atom. The third-order valence-corrected chi connectivity index (χ3v) is 4.23. The molecule has 0 bridgehead atoms. The lowest BCUT2D eigenvalue weighted by atomic mass is 9.76. The molecule has 2 aliphatic carbocycles. The summed E-state index contributed by atoms with van der Waals surface area (Å²) >= 11 is 5.88. The van der Waals surface area contributed by atoms with Crippen LogP contribution in [0.2, 0.25) is 5.02 Å². The van der Waals surface area contributed by atoms with Crippen LogP contribution in [-0.2, 0) is 4.79 Å². The van der Waals surface area contributed by atoms with Crippen molar-refractivity contribution >= 4 is 17.5 Å². The van der Waals surface area contributed by atoms with E-state index in [9.17, 15) is 4.79 Å². The molecular formula is C15H19ClN2O. The van der Waals surface area contributed by atoms with E-state index in [1.807, 2.05) is 12.1 Å². The van der Waals surface area contributed by atoms with E-state index in [0.717, 1.165) is 30.7 Å². The van der Waals surface area contributed by atoms with Crippen molar-refractivity contribution in [3.05, 3.63) is 34.9 Å². The van der Waals surface area contributed by atoms with E-state index in [0.29, 0.717) is 24.5 Å². The van der Waals surface area contributed by atoms with Gasteiger partial charge in [-0.1, -0.05) is 23.7 Å². The number of carbonyl (C=O) groups is 1. The fourth-order valence-electron chi connectivity index (χ4n) is 2.54. The lowest BCUT2D eigenvalue weighted by Gasteiger charge is -2.36. The van der Waals surface area contributed by atoms with Crippen molar-refractivity contribution < 1.29 is 4.79 Å². The molecule has 1 aromatic rings. The van der Waals surface area contributed by atoms with Crippen LogP contribution < -0.4 is 10.6 Å². The molecule has 3 nitrogen and oxygen atoms in total. The van der Waals surface area contributed by atoms with Crippen molar-refractivity contribution in [2.45, 2.75) is 43.7 Å². The van der Waals surface area contributed by atoms with Crippen molar-refractivity contribution in [1.29, 1.82) is 0 Å². The highest BCUT2D eigenvalue weighted by Gasteiger charge is 2.30. The van der Waals surface area contributed by atoms with Crippen LogP contribution in [0.25, 0.3) is 0 Å². The summed E-state index contributed by atoms with van der Waals surface area (Å²) in [6.45, 7) is 0.453. The maximum atomic E-state index is 11.5. The van der Waals surface area contributed by atoms with Crippen molar-refractivity contribution in [3.63, 3.8) is 0 Å². The number of rotatable bonds is 5. The van der Waals surface area contributed by atoms with Gasteiger partial charge in [0.2, 0.25) is 5.91 Å². The molecule has 2 saturated carbocycles. The summed E-state index contributed by atoms with van der Waals surface area (Å²) < 4.78 is 0. The maximum Gasteiger partial charge on any atom is 0.234 e. The molecule has 0 heterocycles. The van der Waals surface area contributed by atoms with Gasteiger partial charge in [-0.15, -0.1) is 0 Å². The molecular weight excluding hydrogens is 260 g/mol. The molecule has 2 N–H and O–H groups in total. The first-order valence-corrected chi connectivity index (χ1v) is 7.37. The minimum absolute atomic E-state index is 0.137. The average molecular weight is 279 g/mol. The van der Waals surface area contributed by atoms with Gasteiger partial charge in [0, 0.05) is 17.1 Å². The van der Waals surface area contributed by atoms with Gasteiger partial charge >= 0.3 is 0 Å². The monoisotopic (exact) mass is 278 g/mol. The van der Waals surface area contributed by atoms with E-state index in [1.54, 1.807) is 0 Å². The van der Waals surface area contributed by atoms with Gasteiger partial charge in [0.05, 0.1) is 6.54 Å². The van der Waals surface area contributed by atoms with E-state index in [4.69, 9.17) is 11.6 Å². The first-order valence-electron chi connectivity index (χ1n) is 6.99. The van der Waals surface area contributed by atoms with Crippen molar-refractivity contribution in [3.8, 4) is 0 Å². The lowest BCUT2D eigenvalue weighted by Crippen LogP contribution is -2.45. The summed E-state index contributed by atoms with van der Waals surface area (Å²) in [6, 6.07) is 9.02. The van der Waals surface area contributed by atoms with Crippen LogP contribution in [0, 0.1) is 0 Å². The summed E-state index contributed by atoms with van der Waals surface area (Å²) in [5, 5.41) is 7.10. The number of carbonyl (C=O) groups excluding carboxylic acids is 1. The van der Waals surface area contributed by atoms with E-state index in [-0.39, 0.29) is 5.91 Å². The first-order chi connectivity index (χ1) is 9.20. The molecule has 102 valence electrons. The Bertz CT molecular complexity index is 450. The third kappa shape index (κ3) is 3.48. The van der Waals surface area contributed by atoms with Gasteiger partial charge in [0.1, 0.15) is 0 Å². The minimum Gasteiger partial charge on any atom is -0.352 e. The largest absolute Gasteiger partial charge is 0.352 e. The Labute approximate surface area is 118 Å². The summed E-state index contributed by atoms with van der Waals surface area (Å²) in [6.07, 6.45) is 4.51. The molecule has 0 saturated heterocycles. The smallest absolute Gasteiger partial charge is 0.234 e. The molecule has 3 rings (SSSR count). The number of hydrogen-bond donors (Lipinski definition) is 2. The minimum atomic E-state index is 0.137. The van der Waals surface area contributed by atoms with Crippen LogP contribution in [0.3, 0.4) is 0 Å². The van der Waals surface area contributed by atoms with Gasteiger partial charge in [0.15, 0.2) is 0 Å². The average Bonchev–Trinajstić information content (AvgIpc) is 3.13. The highest BCUT2D eigenvalue weighted by molar-refractivity contribution is 6.30. The molecule has 0 unspecified atom stereocenters. The van der Waals surface area contributed by atoms with Gasteiger partial charge in [-0.3, -0.25) is 4.79 Å². The van der Waals surface area contributed by atoms with Gasteiger partial charge < -0.3 is 10.6 Å². The molecule has 0 atom stereocenters. The highest BCUT2D eigenvalue weighted by Crippen LogP contribution is 2.37. The quantitative estimate of drug-likeness (QED) is 0.869. The predicted molar refractivity (Wildman–Crippen MR) is 76.4 cm³/mol.